The van der Waals surface area contributed by atoms with Crippen LogP contribution >= 0.6 is 22.9 Å². The van der Waals surface area contributed by atoms with Gasteiger partial charge in [0.1, 0.15) is 16.5 Å². The summed E-state index contributed by atoms with van der Waals surface area (Å²) in [6.07, 6.45) is 2.41. The summed E-state index contributed by atoms with van der Waals surface area (Å²) < 4.78 is 1.74. The number of aliphatic hydroxyl groups excluding tert-OH is 2. The van der Waals surface area contributed by atoms with Crippen LogP contribution in [0.15, 0.2) is 65.7 Å². The first-order chi connectivity index (χ1) is 17.4. The Morgan fingerprint density at radius 3 is 2.72 bits per heavy atom. The number of benzene rings is 1. The zero-order valence-corrected chi connectivity index (χ0v) is 21.3. The molecule has 0 fully saturated rings. The number of nitrogens with one attached hydrogen (secondary N) is 1. The maximum absolute atomic E-state index is 13.2. The SMILES string of the molecule is CN(Cc1cc2c(=O)c(C(=O)NCc3ccc(Cl)cc3)cn(CCO)c2s1)C[C@@H](O)c1ccccn1. The van der Waals surface area contributed by atoms with E-state index in [-0.39, 0.29) is 30.7 Å². The molecular weight excluding hydrogens is 500 g/mol. The molecule has 8 nitrogen and oxygen atoms in total. The third kappa shape index (κ3) is 6.18. The Hall–Kier alpha value is -3.08. The third-order valence-electron chi connectivity index (χ3n) is 5.69. The number of rotatable bonds is 10. The maximum atomic E-state index is 13.2. The molecule has 3 heterocycles. The monoisotopic (exact) mass is 526 g/mol. The molecule has 0 aliphatic heterocycles. The first-order valence-corrected chi connectivity index (χ1v) is 12.6. The Balaban J connectivity index is 1.54. The van der Waals surface area contributed by atoms with Gasteiger partial charge in [0.2, 0.25) is 5.43 Å². The normalized spacial score (nSPS) is 12.2. The molecule has 0 radical (unpaired) electrons. The fourth-order valence-corrected chi connectivity index (χ4v) is 5.27. The molecule has 0 saturated carbocycles. The van der Waals surface area contributed by atoms with Gasteiger partial charge in [-0.15, -0.1) is 11.3 Å². The van der Waals surface area contributed by atoms with Crippen molar-refractivity contribution in [2.24, 2.45) is 0 Å². The molecule has 3 N–H and O–H groups in total. The lowest BCUT2D eigenvalue weighted by atomic mass is 10.1. The second-order valence-electron chi connectivity index (χ2n) is 8.50. The number of thiophene rings is 1. The molecule has 0 saturated heterocycles. The molecular formula is C26H27ClN4O4S. The molecule has 0 spiro atoms. The average molecular weight is 527 g/mol. The van der Waals surface area contributed by atoms with Gasteiger partial charge in [0.25, 0.3) is 5.91 Å². The predicted octanol–water partition coefficient (Wildman–Crippen LogP) is 3.20. The Morgan fingerprint density at radius 1 is 1.25 bits per heavy atom. The molecule has 4 aromatic rings. The van der Waals surface area contributed by atoms with E-state index < -0.39 is 12.0 Å². The molecule has 1 aromatic carbocycles. The minimum Gasteiger partial charge on any atom is -0.395 e. The van der Waals surface area contributed by atoms with Crippen LogP contribution in [0, 0.1) is 0 Å². The summed E-state index contributed by atoms with van der Waals surface area (Å²) in [4.78, 5) is 33.9. The first-order valence-electron chi connectivity index (χ1n) is 11.4. The fraction of sp³-hybridized carbons (Fsp3) is 0.269. The van der Waals surface area contributed by atoms with Gasteiger partial charge in [-0.3, -0.25) is 19.5 Å². The second-order valence-corrected chi connectivity index (χ2v) is 10.0. The van der Waals surface area contributed by atoms with Crippen molar-refractivity contribution in [3.05, 3.63) is 97.9 Å². The predicted molar refractivity (Wildman–Crippen MR) is 141 cm³/mol. The number of carbonyl (C=O) groups excluding carboxylic acids is 1. The van der Waals surface area contributed by atoms with Gasteiger partial charge in [-0.2, -0.15) is 0 Å². The molecule has 0 aliphatic carbocycles. The Morgan fingerprint density at radius 2 is 2.03 bits per heavy atom. The van der Waals surface area contributed by atoms with E-state index in [2.05, 4.69) is 10.3 Å². The number of halogens is 1. The fourth-order valence-electron chi connectivity index (χ4n) is 3.91. The van der Waals surface area contributed by atoms with Gasteiger partial charge in [-0.1, -0.05) is 29.8 Å². The highest BCUT2D eigenvalue weighted by Gasteiger charge is 2.19. The molecule has 0 unspecified atom stereocenters. The van der Waals surface area contributed by atoms with Crippen molar-refractivity contribution in [1.29, 1.82) is 0 Å². The standard InChI is InChI=1S/C26H27ClN4O4S/c1-30(16-23(33)22-4-2-3-9-28-22)14-19-12-20-24(34)21(15-31(10-11-32)26(20)36-19)25(35)29-13-17-5-7-18(27)8-6-17/h2-9,12,15,23,32-33H,10-11,13-14,16H2,1H3,(H,29,35)/t23-/m1/s1. The number of pyridine rings is 2. The highest BCUT2D eigenvalue weighted by Crippen LogP contribution is 2.26. The summed E-state index contributed by atoms with van der Waals surface area (Å²) in [5, 5.41) is 23.9. The van der Waals surface area contributed by atoms with Crippen LogP contribution in [0.1, 0.15) is 32.6 Å². The van der Waals surface area contributed by atoms with Crippen molar-refractivity contribution in [2.45, 2.75) is 25.7 Å². The van der Waals surface area contributed by atoms with Gasteiger partial charge in [-0.25, -0.2) is 0 Å². The summed E-state index contributed by atoms with van der Waals surface area (Å²) in [5.74, 6) is -0.480. The van der Waals surface area contributed by atoms with Gasteiger partial charge in [-0.05, 0) is 42.9 Å². The molecule has 1 atom stereocenters. The molecule has 4 rings (SSSR count). The van der Waals surface area contributed by atoms with Crippen molar-refractivity contribution >= 4 is 39.1 Å². The van der Waals surface area contributed by atoms with Gasteiger partial charge in [0, 0.05) is 48.5 Å². The number of fused-ring (bicyclic) bond motifs is 1. The van der Waals surface area contributed by atoms with Crippen molar-refractivity contribution in [2.75, 3.05) is 20.2 Å². The Labute approximate surface area is 217 Å². The number of aliphatic hydroxyl groups is 2. The zero-order chi connectivity index (χ0) is 25.7. The summed E-state index contributed by atoms with van der Waals surface area (Å²) in [6.45, 7) is 1.24. The van der Waals surface area contributed by atoms with Gasteiger partial charge >= 0.3 is 0 Å². The van der Waals surface area contributed by atoms with Crippen molar-refractivity contribution in [3.63, 3.8) is 0 Å². The van der Waals surface area contributed by atoms with Crippen molar-refractivity contribution in [1.82, 2.24) is 19.8 Å². The molecule has 36 heavy (non-hydrogen) atoms. The lowest BCUT2D eigenvalue weighted by Gasteiger charge is -2.19. The number of carbonyl (C=O) groups is 1. The minimum atomic E-state index is -0.740. The van der Waals surface area contributed by atoms with E-state index in [0.717, 1.165) is 10.4 Å². The number of amides is 1. The first kappa shape index (κ1) is 26.0. The average Bonchev–Trinajstić information content (AvgIpc) is 3.30. The zero-order valence-electron chi connectivity index (χ0n) is 19.7. The number of likely N-dealkylation sites (N-methyl/N-ethyl adjacent to an activating group) is 1. The van der Waals surface area contributed by atoms with Crippen LogP contribution < -0.4 is 10.7 Å². The van der Waals surface area contributed by atoms with Crippen LogP contribution in [0.3, 0.4) is 0 Å². The van der Waals surface area contributed by atoms with Crippen LogP contribution in [-0.4, -0.2) is 50.8 Å². The third-order valence-corrected chi connectivity index (χ3v) is 7.10. The second kappa shape index (κ2) is 11.8. The summed E-state index contributed by atoms with van der Waals surface area (Å²) >= 11 is 7.34. The molecule has 1 amide bonds. The number of nitrogens with zero attached hydrogens (tertiary/aromatic N) is 3. The van der Waals surface area contributed by atoms with E-state index in [9.17, 15) is 19.8 Å². The minimum absolute atomic E-state index is 0.0215. The highest BCUT2D eigenvalue weighted by atomic mass is 35.5. The quantitative estimate of drug-likeness (QED) is 0.293. The number of hydrogen-bond acceptors (Lipinski definition) is 7. The van der Waals surface area contributed by atoms with E-state index in [1.54, 1.807) is 41.1 Å². The highest BCUT2D eigenvalue weighted by molar-refractivity contribution is 7.18. The Kier molecular flexibility index (Phi) is 8.50. The lowest BCUT2D eigenvalue weighted by molar-refractivity contribution is 0.0949. The summed E-state index contributed by atoms with van der Waals surface area (Å²) in [6, 6.07) is 14.3. The largest absolute Gasteiger partial charge is 0.395 e. The van der Waals surface area contributed by atoms with Crippen molar-refractivity contribution in [3.8, 4) is 0 Å². The lowest BCUT2D eigenvalue weighted by Crippen LogP contribution is -2.29. The molecule has 0 aliphatic rings. The molecule has 10 heteroatoms. The van der Waals surface area contributed by atoms with E-state index in [1.807, 2.05) is 30.1 Å². The van der Waals surface area contributed by atoms with E-state index in [4.69, 9.17) is 11.6 Å². The smallest absolute Gasteiger partial charge is 0.257 e. The van der Waals surface area contributed by atoms with Crippen LogP contribution in [0.5, 0.6) is 0 Å². The van der Waals surface area contributed by atoms with E-state index >= 15 is 0 Å². The van der Waals surface area contributed by atoms with E-state index in [0.29, 0.717) is 34.0 Å². The van der Waals surface area contributed by atoms with E-state index in [1.165, 1.54) is 17.5 Å². The number of hydrogen-bond donors (Lipinski definition) is 3. The molecule has 0 bridgehead atoms. The Bertz CT molecular complexity index is 1390. The van der Waals surface area contributed by atoms with Gasteiger partial charge in [0.05, 0.1) is 17.7 Å². The molecule has 188 valence electrons. The van der Waals surface area contributed by atoms with Gasteiger partial charge in [0.15, 0.2) is 0 Å². The van der Waals surface area contributed by atoms with Crippen LogP contribution in [0.25, 0.3) is 10.2 Å². The van der Waals surface area contributed by atoms with Crippen LogP contribution in [-0.2, 0) is 19.6 Å². The molecule has 3 aromatic heterocycles. The van der Waals surface area contributed by atoms with Crippen LogP contribution in [0.4, 0.5) is 0 Å². The van der Waals surface area contributed by atoms with Gasteiger partial charge < -0.3 is 20.1 Å². The summed E-state index contributed by atoms with van der Waals surface area (Å²) in [5.41, 5.74) is 1.12. The maximum Gasteiger partial charge on any atom is 0.257 e. The topological polar surface area (TPSA) is 108 Å². The van der Waals surface area contributed by atoms with Crippen LogP contribution in [0.2, 0.25) is 5.02 Å². The summed E-state index contributed by atoms with van der Waals surface area (Å²) in [7, 11) is 1.88. The number of aromatic nitrogens is 2. The van der Waals surface area contributed by atoms with Crippen molar-refractivity contribution < 1.29 is 15.0 Å².